The largest absolute Gasteiger partial charge is 0.463 e. The van der Waals surface area contributed by atoms with Gasteiger partial charge in [0.2, 0.25) is 19.8 Å². The maximum atomic E-state index is 12.0. The average molecular weight is 313 g/mol. The molecule has 124 valence electrons. The van der Waals surface area contributed by atoms with E-state index in [0.29, 0.717) is 19.5 Å². The van der Waals surface area contributed by atoms with Crippen LogP contribution < -0.4 is 0 Å². The lowest BCUT2D eigenvalue weighted by atomic mass is 10.0. The maximum Gasteiger partial charge on any atom is 0.410 e. The van der Waals surface area contributed by atoms with Crippen molar-refractivity contribution < 1.29 is 28.6 Å². The van der Waals surface area contributed by atoms with Gasteiger partial charge in [0.05, 0.1) is 6.61 Å². The second-order valence-electron chi connectivity index (χ2n) is 6.26. The van der Waals surface area contributed by atoms with E-state index in [4.69, 9.17) is 14.2 Å². The Balaban J connectivity index is 2.69. The van der Waals surface area contributed by atoms with Crippen LogP contribution in [-0.4, -0.2) is 62.1 Å². The molecule has 0 radical (unpaired) electrons. The molecule has 7 nitrogen and oxygen atoms in total. The number of hydrogen-bond donors (Lipinski definition) is 0. The zero-order valence-electron chi connectivity index (χ0n) is 13.9. The van der Waals surface area contributed by atoms with E-state index in [1.165, 1.54) is 12.7 Å². The lowest BCUT2D eigenvalue weighted by molar-refractivity contribution is -0.155. The molecule has 0 aliphatic carbocycles. The summed E-state index contributed by atoms with van der Waals surface area (Å²) in [7, 11) is 1.24. The zero-order valence-corrected chi connectivity index (χ0v) is 13.9. The summed E-state index contributed by atoms with van der Waals surface area (Å²) < 4.78 is 15.3. The van der Waals surface area contributed by atoms with Crippen LogP contribution in [0.25, 0.3) is 0 Å². The first-order chi connectivity index (χ1) is 10.1. The van der Waals surface area contributed by atoms with Crippen molar-refractivity contribution in [3.8, 4) is 0 Å². The molecule has 1 fully saturated rings. The van der Waals surface area contributed by atoms with E-state index in [1.54, 1.807) is 27.7 Å². The monoisotopic (exact) mass is 313 g/mol. The predicted molar refractivity (Wildman–Crippen MR) is 81.4 cm³/mol. The van der Waals surface area contributed by atoms with Gasteiger partial charge in [-0.05, 0) is 34.1 Å². The number of ether oxygens (including phenoxy) is 3. The molecule has 1 aliphatic rings. The zero-order chi connectivity index (χ0) is 16.9. The van der Waals surface area contributed by atoms with Crippen LogP contribution in [0.3, 0.4) is 0 Å². The molecular weight excluding hydrogens is 289 g/mol. The summed E-state index contributed by atoms with van der Waals surface area (Å²) in [5.74, 6) is -1.40. The molecule has 0 N–H and O–H groups in total. The van der Waals surface area contributed by atoms with Crippen molar-refractivity contribution in [2.24, 2.45) is 5.92 Å². The minimum Gasteiger partial charge on any atom is -0.463 e. The highest BCUT2D eigenvalue weighted by atomic mass is 16.6. The van der Waals surface area contributed by atoms with Crippen molar-refractivity contribution in [1.82, 2.24) is 4.90 Å². The van der Waals surface area contributed by atoms with E-state index in [2.05, 4.69) is 0 Å². The number of amides is 1. The summed E-state index contributed by atoms with van der Waals surface area (Å²) in [5, 5.41) is 0. The standard InChI is InChI=1S/C14H24BNO6/c1-5-20-11(17)10(21-12(15)18)9-6-7-16(8-9)13(19)22-14(2,3)4/h9-10H,5-8,15H2,1-4H3/t9-,10?/m0/s1. The third kappa shape index (κ3) is 5.58. The summed E-state index contributed by atoms with van der Waals surface area (Å²) >= 11 is 0. The molecule has 0 aromatic heterocycles. The van der Waals surface area contributed by atoms with Crippen LogP contribution in [0.1, 0.15) is 34.1 Å². The van der Waals surface area contributed by atoms with Gasteiger partial charge in [-0.2, -0.15) is 0 Å². The maximum absolute atomic E-state index is 12.0. The third-order valence-corrected chi connectivity index (χ3v) is 3.12. The van der Waals surface area contributed by atoms with Gasteiger partial charge in [0, 0.05) is 19.0 Å². The predicted octanol–water partition coefficient (Wildman–Crippen LogP) is 0.945. The van der Waals surface area contributed by atoms with Crippen molar-refractivity contribution >= 4 is 25.8 Å². The smallest absolute Gasteiger partial charge is 0.410 e. The van der Waals surface area contributed by atoms with Gasteiger partial charge in [-0.1, -0.05) is 0 Å². The molecule has 1 rings (SSSR count). The van der Waals surface area contributed by atoms with E-state index in [1.807, 2.05) is 0 Å². The van der Waals surface area contributed by atoms with Gasteiger partial charge < -0.3 is 19.1 Å². The molecule has 1 heterocycles. The highest BCUT2D eigenvalue weighted by Crippen LogP contribution is 2.24. The van der Waals surface area contributed by atoms with Crippen LogP contribution >= 0.6 is 0 Å². The highest BCUT2D eigenvalue weighted by molar-refractivity contribution is 6.55. The van der Waals surface area contributed by atoms with E-state index in [9.17, 15) is 14.4 Å². The van der Waals surface area contributed by atoms with Crippen molar-refractivity contribution in [3.05, 3.63) is 0 Å². The molecule has 0 saturated carbocycles. The molecule has 0 bridgehead atoms. The quantitative estimate of drug-likeness (QED) is 0.436. The first-order valence-electron chi connectivity index (χ1n) is 7.45. The van der Waals surface area contributed by atoms with E-state index in [-0.39, 0.29) is 12.5 Å². The molecule has 0 aromatic carbocycles. The molecule has 22 heavy (non-hydrogen) atoms. The number of rotatable bonds is 4. The number of esters is 1. The second kappa shape index (κ2) is 7.51. The number of nitrogens with zero attached hydrogens (tertiary/aromatic N) is 1. The Morgan fingerprint density at radius 2 is 1.95 bits per heavy atom. The normalized spacial score (nSPS) is 19.5. The Kier molecular flexibility index (Phi) is 6.26. The van der Waals surface area contributed by atoms with Gasteiger partial charge in [0.1, 0.15) is 5.60 Å². The molecule has 0 aromatic rings. The van der Waals surface area contributed by atoms with Gasteiger partial charge in [0.15, 0.2) is 0 Å². The summed E-state index contributed by atoms with van der Waals surface area (Å²) in [6.45, 7) is 8.02. The molecule has 1 aliphatic heterocycles. The molecule has 1 unspecified atom stereocenters. The number of carbonyl (C=O) groups is 3. The molecule has 1 amide bonds. The van der Waals surface area contributed by atoms with Crippen LogP contribution in [0.2, 0.25) is 0 Å². The summed E-state index contributed by atoms with van der Waals surface area (Å²) in [6, 6.07) is 0. The van der Waals surface area contributed by atoms with Crippen LogP contribution in [0.5, 0.6) is 0 Å². The van der Waals surface area contributed by atoms with Crippen LogP contribution in [0, 0.1) is 5.92 Å². The fraction of sp³-hybridized carbons (Fsp3) is 0.786. The average Bonchev–Trinajstić information content (AvgIpc) is 2.83. The summed E-state index contributed by atoms with van der Waals surface area (Å²) in [4.78, 5) is 36.7. The van der Waals surface area contributed by atoms with Crippen molar-refractivity contribution in [1.29, 1.82) is 0 Å². The Hall–Kier alpha value is -1.73. The van der Waals surface area contributed by atoms with Gasteiger partial charge in [-0.15, -0.1) is 0 Å². The van der Waals surface area contributed by atoms with Crippen molar-refractivity contribution in [3.63, 3.8) is 0 Å². The third-order valence-electron chi connectivity index (χ3n) is 3.12. The second-order valence-corrected chi connectivity index (χ2v) is 6.26. The lowest BCUT2D eigenvalue weighted by Crippen LogP contribution is -2.39. The lowest BCUT2D eigenvalue weighted by Gasteiger charge is -2.25. The van der Waals surface area contributed by atoms with Gasteiger partial charge in [-0.3, -0.25) is 4.79 Å². The number of carbonyl (C=O) groups excluding carboxylic acids is 3. The highest BCUT2D eigenvalue weighted by Gasteiger charge is 2.39. The topological polar surface area (TPSA) is 82.1 Å². The van der Waals surface area contributed by atoms with Crippen molar-refractivity contribution in [2.45, 2.75) is 45.8 Å². The number of hydrogen-bond acceptors (Lipinski definition) is 6. The van der Waals surface area contributed by atoms with E-state index < -0.39 is 29.6 Å². The molecule has 2 atom stereocenters. The molecular formula is C14H24BNO6. The molecule has 8 heteroatoms. The molecule has 0 spiro atoms. The Morgan fingerprint density at radius 1 is 1.32 bits per heavy atom. The Morgan fingerprint density at radius 3 is 2.45 bits per heavy atom. The van der Waals surface area contributed by atoms with Crippen LogP contribution in [-0.2, 0) is 19.0 Å². The first kappa shape index (κ1) is 18.3. The fourth-order valence-electron chi connectivity index (χ4n) is 2.27. The molecule has 1 saturated heterocycles. The SMILES string of the molecule is BC(=O)OC(C(=O)OCC)[C@H]1CCN(C(=O)OC(C)(C)C)C1. The summed E-state index contributed by atoms with van der Waals surface area (Å²) in [5.41, 5.74) is -0.578. The fourth-order valence-corrected chi connectivity index (χ4v) is 2.27. The van der Waals surface area contributed by atoms with E-state index >= 15 is 0 Å². The number of likely N-dealkylation sites (tertiary alicyclic amines) is 1. The van der Waals surface area contributed by atoms with Gasteiger partial charge in [0.25, 0.3) is 0 Å². The van der Waals surface area contributed by atoms with E-state index in [0.717, 1.165) is 0 Å². The Labute approximate surface area is 131 Å². The minimum atomic E-state index is -0.982. The minimum absolute atomic E-state index is 0.207. The Bertz CT molecular complexity index is 434. The summed E-state index contributed by atoms with van der Waals surface area (Å²) in [6.07, 6.45) is -0.860. The first-order valence-corrected chi connectivity index (χ1v) is 7.45. The van der Waals surface area contributed by atoms with Crippen molar-refractivity contribution in [2.75, 3.05) is 19.7 Å². The van der Waals surface area contributed by atoms with Crippen LogP contribution in [0.4, 0.5) is 9.59 Å². The van der Waals surface area contributed by atoms with Crippen LogP contribution in [0.15, 0.2) is 0 Å². The van der Waals surface area contributed by atoms with Gasteiger partial charge in [-0.25, -0.2) is 9.59 Å². The van der Waals surface area contributed by atoms with Gasteiger partial charge >= 0.3 is 12.1 Å².